The second kappa shape index (κ2) is 5.63. The van der Waals surface area contributed by atoms with Gasteiger partial charge in [0.25, 0.3) is 0 Å². The van der Waals surface area contributed by atoms with Gasteiger partial charge in [-0.2, -0.15) is 0 Å². The molecule has 2 amide bonds. The van der Waals surface area contributed by atoms with Crippen LogP contribution < -0.4 is 9.64 Å². The minimum Gasteiger partial charge on any atom is -0.455 e. The Kier molecular flexibility index (Phi) is 3.17. The first-order chi connectivity index (χ1) is 13.7. The maximum atomic E-state index is 13.5. The number of halogens is 1. The fourth-order valence-corrected chi connectivity index (χ4v) is 4.65. The molecule has 4 nitrogen and oxygen atoms in total. The van der Waals surface area contributed by atoms with Crippen molar-refractivity contribution in [3.8, 4) is 11.5 Å². The fraction of sp³-hybridized carbons (Fsp3) is 0.0870. The molecule has 0 aliphatic carbocycles. The minimum absolute atomic E-state index is 0.0791. The minimum atomic E-state index is -0.213. The van der Waals surface area contributed by atoms with Gasteiger partial charge >= 0.3 is 6.03 Å². The Hall–Kier alpha value is -3.24. The molecular weight excluding hydrogens is 372 g/mol. The molecule has 3 aliphatic heterocycles. The molecule has 0 N–H and O–H groups in total. The molecule has 136 valence electrons. The Labute approximate surface area is 167 Å². The van der Waals surface area contributed by atoms with E-state index in [1.54, 1.807) is 6.07 Å². The highest BCUT2D eigenvalue weighted by molar-refractivity contribution is 6.31. The van der Waals surface area contributed by atoms with E-state index in [1.165, 1.54) is 0 Å². The number of carbonyl (C=O) groups excluding carboxylic acids is 1. The van der Waals surface area contributed by atoms with Crippen molar-refractivity contribution in [1.29, 1.82) is 0 Å². The molecule has 2 unspecified atom stereocenters. The van der Waals surface area contributed by atoms with Crippen molar-refractivity contribution in [1.82, 2.24) is 4.90 Å². The van der Waals surface area contributed by atoms with E-state index < -0.39 is 0 Å². The summed E-state index contributed by atoms with van der Waals surface area (Å²) in [6.45, 7) is 0. The summed E-state index contributed by atoms with van der Waals surface area (Å²) >= 11 is 6.29. The number of carbonyl (C=O) groups is 1. The van der Waals surface area contributed by atoms with Crippen molar-refractivity contribution in [2.75, 3.05) is 4.90 Å². The van der Waals surface area contributed by atoms with Crippen molar-refractivity contribution in [2.24, 2.45) is 0 Å². The lowest BCUT2D eigenvalue weighted by molar-refractivity contribution is 0.224. The average molecular weight is 387 g/mol. The SMILES string of the molecule is O=C1N2C=Cc3ccccc3C2C2c3ccccc3Oc3ccc(Cl)cc3N12. The second-order valence-corrected chi connectivity index (χ2v) is 7.58. The summed E-state index contributed by atoms with van der Waals surface area (Å²) in [5, 5.41) is 0.570. The topological polar surface area (TPSA) is 32.8 Å². The van der Waals surface area contributed by atoms with Gasteiger partial charge in [0.2, 0.25) is 0 Å². The number of hydrogen-bond donors (Lipinski definition) is 0. The van der Waals surface area contributed by atoms with Crippen LogP contribution in [0.5, 0.6) is 11.5 Å². The summed E-state index contributed by atoms with van der Waals surface area (Å²) < 4.78 is 6.22. The van der Waals surface area contributed by atoms with E-state index in [2.05, 4.69) is 12.1 Å². The monoisotopic (exact) mass is 386 g/mol. The van der Waals surface area contributed by atoms with Crippen LogP contribution in [0.25, 0.3) is 6.08 Å². The lowest BCUT2D eigenvalue weighted by Crippen LogP contribution is -2.30. The van der Waals surface area contributed by atoms with Crippen LogP contribution in [-0.4, -0.2) is 10.9 Å². The van der Waals surface area contributed by atoms with Crippen LogP contribution in [0.4, 0.5) is 10.5 Å². The summed E-state index contributed by atoms with van der Waals surface area (Å²) in [7, 11) is 0. The van der Waals surface area contributed by atoms with Gasteiger partial charge in [-0.3, -0.25) is 9.80 Å². The van der Waals surface area contributed by atoms with Crippen LogP contribution >= 0.6 is 11.6 Å². The van der Waals surface area contributed by atoms with E-state index in [0.29, 0.717) is 16.5 Å². The number of benzene rings is 3. The highest BCUT2D eigenvalue weighted by Crippen LogP contribution is 2.56. The number of amides is 2. The predicted octanol–water partition coefficient (Wildman–Crippen LogP) is 6.15. The van der Waals surface area contributed by atoms with E-state index in [9.17, 15) is 4.79 Å². The quantitative estimate of drug-likeness (QED) is 0.464. The van der Waals surface area contributed by atoms with Crippen LogP contribution in [0, 0.1) is 0 Å². The highest BCUT2D eigenvalue weighted by Gasteiger charge is 2.51. The van der Waals surface area contributed by atoms with Crippen LogP contribution in [0.3, 0.4) is 0 Å². The molecule has 0 radical (unpaired) electrons. The Morgan fingerprint density at radius 1 is 0.857 bits per heavy atom. The molecule has 0 spiro atoms. The number of rotatable bonds is 0. The van der Waals surface area contributed by atoms with Crippen molar-refractivity contribution in [3.63, 3.8) is 0 Å². The molecule has 1 saturated heterocycles. The number of fused-ring (bicyclic) bond motifs is 9. The van der Waals surface area contributed by atoms with E-state index in [1.807, 2.05) is 70.6 Å². The molecule has 5 heteroatoms. The third-order valence-corrected chi connectivity index (χ3v) is 5.91. The summed E-state index contributed by atoms with van der Waals surface area (Å²) in [6.07, 6.45) is 3.88. The summed E-state index contributed by atoms with van der Waals surface area (Å²) in [6, 6.07) is 21.1. The zero-order valence-corrected chi connectivity index (χ0v) is 15.5. The molecule has 0 saturated carbocycles. The first-order valence-corrected chi connectivity index (χ1v) is 9.55. The molecule has 3 aliphatic rings. The normalized spacial score (nSPS) is 21.1. The van der Waals surface area contributed by atoms with Gasteiger partial charge in [-0.15, -0.1) is 0 Å². The van der Waals surface area contributed by atoms with E-state index in [-0.39, 0.29) is 18.1 Å². The second-order valence-electron chi connectivity index (χ2n) is 7.15. The molecule has 28 heavy (non-hydrogen) atoms. The van der Waals surface area contributed by atoms with Gasteiger partial charge in [0, 0.05) is 16.8 Å². The summed E-state index contributed by atoms with van der Waals surface area (Å²) in [5.41, 5.74) is 3.94. The Morgan fingerprint density at radius 2 is 1.64 bits per heavy atom. The van der Waals surface area contributed by atoms with Gasteiger partial charge in [-0.05, 0) is 41.5 Å². The number of hydrogen-bond acceptors (Lipinski definition) is 2. The van der Waals surface area contributed by atoms with Crippen LogP contribution in [0.15, 0.2) is 72.9 Å². The van der Waals surface area contributed by atoms with Gasteiger partial charge in [-0.25, -0.2) is 4.79 Å². The molecule has 3 aromatic rings. The van der Waals surface area contributed by atoms with Crippen LogP contribution in [0.2, 0.25) is 5.02 Å². The van der Waals surface area contributed by atoms with E-state index >= 15 is 0 Å². The van der Waals surface area contributed by atoms with Crippen LogP contribution in [-0.2, 0) is 0 Å². The molecule has 0 bridgehead atoms. The van der Waals surface area contributed by atoms with Crippen LogP contribution in [0.1, 0.15) is 28.8 Å². The predicted molar refractivity (Wildman–Crippen MR) is 109 cm³/mol. The van der Waals surface area contributed by atoms with Crippen molar-refractivity contribution in [2.45, 2.75) is 12.1 Å². The highest BCUT2D eigenvalue weighted by atomic mass is 35.5. The number of nitrogens with zero attached hydrogens (tertiary/aromatic N) is 2. The first kappa shape index (κ1) is 15.8. The molecule has 3 heterocycles. The van der Waals surface area contributed by atoms with E-state index in [0.717, 1.165) is 22.4 Å². The molecule has 1 fully saturated rings. The molecule has 0 aromatic heterocycles. The Bertz CT molecular complexity index is 1170. The van der Waals surface area contributed by atoms with Gasteiger partial charge in [-0.1, -0.05) is 54.1 Å². The maximum Gasteiger partial charge on any atom is 0.329 e. The van der Waals surface area contributed by atoms with Gasteiger partial charge in [0.05, 0.1) is 17.8 Å². The smallest absolute Gasteiger partial charge is 0.329 e. The lowest BCUT2D eigenvalue weighted by atomic mass is 9.88. The average Bonchev–Trinajstić information content (AvgIpc) is 2.94. The Balaban J connectivity index is 1.66. The number of urea groups is 1. The van der Waals surface area contributed by atoms with Gasteiger partial charge < -0.3 is 4.74 Å². The number of anilines is 1. The Morgan fingerprint density at radius 3 is 2.54 bits per heavy atom. The summed E-state index contributed by atoms with van der Waals surface area (Å²) in [5.74, 6) is 1.39. The van der Waals surface area contributed by atoms with Crippen molar-refractivity contribution < 1.29 is 9.53 Å². The number of ether oxygens (including phenoxy) is 1. The third kappa shape index (κ3) is 2.04. The zero-order valence-electron chi connectivity index (χ0n) is 14.7. The third-order valence-electron chi connectivity index (χ3n) is 5.67. The van der Waals surface area contributed by atoms with Crippen molar-refractivity contribution >= 4 is 29.4 Å². The first-order valence-electron chi connectivity index (χ1n) is 9.17. The standard InChI is InChI=1S/C23H15ClN2O2/c24-15-9-10-20-18(13-15)26-22(17-7-3-4-8-19(17)28-20)21-16-6-2-1-5-14(16)11-12-25(21)23(26)27/h1-13,21-22H. The fourth-order valence-electron chi connectivity index (χ4n) is 4.49. The molecule has 6 rings (SSSR count). The van der Waals surface area contributed by atoms with E-state index in [4.69, 9.17) is 16.3 Å². The van der Waals surface area contributed by atoms with Gasteiger partial charge in [0.15, 0.2) is 5.75 Å². The molecule has 2 atom stereocenters. The lowest BCUT2D eigenvalue weighted by Gasteiger charge is -2.30. The summed E-state index contributed by atoms with van der Waals surface area (Å²) in [4.78, 5) is 17.2. The van der Waals surface area contributed by atoms with Crippen molar-refractivity contribution in [3.05, 3.63) is 94.6 Å². The zero-order chi connectivity index (χ0) is 18.8. The molecular formula is C23H15ClN2O2. The molecule has 3 aromatic carbocycles. The largest absolute Gasteiger partial charge is 0.455 e. The van der Waals surface area contributed by atoms with Gasteiger partial charge in [0.1, 0.15) is 5.75 Å². The number of para-hydroxylation sites is 1. The maximum absolute atomic E-state index is 13.5.